The molecule has 2 nitrogen and oxygen atoms in total. The van der Waals surface area contributed by atoms with Crippen molar-refractivity contribution < 1.29 is 0 Å². The summed E-state index contributed by atoms with van der Waals surface area (Å²) in [6, 6.07) is 0. The van der Waals surface area contributed by atoms with Gasteiger partial charge in [-0.25, -0.2) is 4.98 Å². The van der Waals surface area contributed by atoms with Gasteiger partial charge in [-0.2, -0.15) is 0 Å². The molecular weight excluding hydrogens is 132 g/mol. The van der Waals surface area contributed by atoms with Crippen LogP contribution in [0.5, 0.6) is 0 Å². The fraction of sp³-hybridized carbons (Fsp3) is 0. The van der Waals surface area contributed by atoms with E-state index < -0.39 is 0 Å². The predicted octanol–water partition coefficient (Wildman–Crippen LogP) is 1.78. The van der Waals surface area contributed by atoms with Gasteiger partial charge in [-0.1, -0.05) is 12.7 Å². The molecule has 1 N–H and O–H groups in total. The summed E-state index contributed by atoms with van der Waals surface area (Å²) >= 11 is 4.72. The molecule has 1 heterocycles. The van der Waals surface area contributed by atoms with Crippen LogP contribution in [0.4, 0.5) is 0 Å². The molecule has 0 bridgehead atoms. The van der Waals surface area contributed by atoms with Crippen molar-refractivity contribution in [3.05, 3.63) is 29.3 Å². The summed E-state index contributed by atoms with van der Waals surface area (Å²) in [7, 11) is 0. The van der Waals surface area contributed by atoms with Crippen LogP contribution in [0, 0.1) is 4.77 Å². The lowest BCUT2D eigenvalue weighted by molar-refractivity contribution is 1.13. The van der Waals surface area contributed by atoms with Crippen LogP contribution < -0.4 is 0 Å². The highest BCUT2D eigenvalue weighted by Gasteiger charge is 1.80. The number of hydrogen-bond donors (Lipinski definition) is 1. The number of aromatic amines is 1. The Balaban J connectivity index is 3.16. The van der Waals surface area contributed by atoms with Crippen molar-refractivity contribution in [2.75, 3.05) is 0 Å². The molecule has 0 aliphatic heterocycles. The SMILES string of the molecule is C=Cc1cnc(=S)[nH]c1. The molecule has 1 aromatic heterocycles. The average Bonchev–Trinajstić information content (AvgIpc) is 1.90. The Hall–Kier alpha value is -0.960. The van der Waals surface area contributed by atoms with Gasteiger partial charge < -0.3 is 4.98 Å². The molecule has 0 spiro atoms. The Labute approximate surface area is 58.3 Å². The molecule has 3 heteroatoms. The van der Waals surface area contributed by atoms with Gasteiger partial charge in [-0.05, 0) is 12.2 Å². The molecule has 0 aromatic carbocycles. The van der Waals surface area contributed by atoms with E-state index in [1.807, 2.05) is 0 Å². The predicted molar refractivity (Wildman–Crippen MR) is 39.5 cm³/mol. The van der Waals surface area contributed by atoms with Crippen molar-refractivity contribution in [2.45, 2.75) is 0 Å². The monoisotopic (exact) mass is 138 g/mol. The average molecular weight is 138 g/mol. The summed E-state index contributed by atoms with van der Waals surface area (Å²) in [6.45, 7) is 3.57. The van der Waals surface area contributed by atoms with Crippen molar-refractivity contribution in [1.82, 2.24) is 9.97 Å². The van der Waals surface area contributed by atoms with E-state index in [1.54, 1.807) is 18.5 Å². The quantitative estimate of drug-likeness (QED) is 0.599. The number of aromatic nitrogens is 2. The maximum absolute atomic E-state index is 4.72. The van der Waals surface area contributed by atoms with E-state index in [2.05, 4.69) is 16.5 Å². The smallest absolute Gasteiger partial charge is 0.196 e. The topological polar surface area (TPSA) is 28.7 Å². The number of hydrogen-bond acceptors (Lipinski definition) is 2. The first-order valence-corrected chi connectivity index (χ1v) is 2.91. The van der Waals surface area contributed by atoms with E-state index in [9.17, 15) is 0 Å². The maximum atomic E-state index is 4.72. The van der Waals surface area contributed by atoms with Gasteiger partial charge >= 0.3 is 0 Å². The molecule has 1 aromatic rings. The van der Waals surface area contributed by atoms with Crippen LogP contribution in [0.15, 0.2) is 19.0 Å². The zero-order valence-electron chi connectivity index (χ0n) is 4.79. The lowest BCUT2D eigenvalue weighted by Crippen LogP contribution is -1.80. The fourth-order valence-corrected chi connectivity index (χ4v) is 0.576. The molecule has 0 radical (unpaired) electrons. The second-order valence-electron chi connectivity index (χ2n) is 1.56. The molecular formula is C6H6N2S. The van der Waals surface area contributed by atoms with Crippen molar-refractivity contribution in [3.8, 4) is 0 Å². The molecule has 0 aliphatic rings. The molecule has 46 valence electrons. The first-order chi connectivity index (χ1) is 4.33. The van der Waals surface area contributed by atoms with Crippen LogP contribution in [0.25, 0.3) is 6.08 Å². The third-order valence-corrected chi connectivity index (χ3v) is 1.15. The highest BCUT2D eigenvalue weighted by atomic mass is 32.1. The van der Waals surface area contributed by atoms with Crippen LogP contribution >= 0.6 is 12.2 Å². The fourth-order valence-electron chi connectivity index (χ4n) is 0.464. The van der Waals surface area contributed by atoms with Crippen molar-refractivity contribution in [1.29, 1.82) is 0 Å². The third-order valence-electron chi connectivity index (χ3n) is 0.929. The van der Waals surface area contributed by atoms with Gasteiger partial charge in [0.1, 0.15) is 0 Å². The molecule has 0 unspecified atom stereocenters. The lowest BCUT2D eigenvalue weighted by Gasteiger charge is -1.87. The summed E-state index contributed by atoms with van der Waals surface area (Å²) in [6.07, 6.45) is 5.15. The molecule has 0 saturated heterocycles. The first-order valence-electron chi connectivity index (χ1n) is 2.50. The summed E-state index contributed by atoms with van der Waals surface area (Å²) < 4.78 is 0.501. The minimum atomic E-state index is 0.501. The summed E-state index contributed by atoms with van der Waals surface area (Å²) in [5.41, 5.74) is 0.948. The van der Waals surface area contributed by atoms with Crippen LogP contribution in [0.3, 0.4) is 0 Å². The molecule has 1 rings (SSSR count). The highest BCUT2D eigenvalue weighted by molar-refractivity contribution is 7.71. The van der Waals surface area contributed by atoms with Gasteiger partial charge in [0.25, 0.3) is 0 Å². The van der Waals surface area contributed by atoms with Crippen LogP contribution in [0.2, 0.25) is 0 Å². The second-order valence-corrected chi connectivity index (χ2v) is 1.94. The molecule has 0 aliphatic carbocycles. The summed E-state index contributed by atoms with van der Waals surface area (Å²) in [4.78, 5) is 6.62. The Morgan fingerprint density at radius 3 is 3.00 bits per heavy atom. The van der Waals surface area contributed by atoms with E-state index in [4.69, 9.17) is 12.2 Å². The van der Waals surface area contributed by atoms with Crippen LogP contribution in [0.1, 0.15) is 5.56 Å². The summed E-state index contributed by atoms with van der Waals surface area (Å²) in [5, 5.41) is 0. The number of rotatable bonds is 1. The Bertz CT molecular complexity index is 244. The van der Waals surface area contributed by atoms with Gasteiger partial charge in [0.05, 0.1) is 0 Å². The number of nitrogens with zero attached hydrogens (tertiary/aromatic N) is 1. The van der Waals surface area contributed by atoms with E-state index in [0.29, 0.717) is 4.77 Å². The normalized spacial score (nSPS) is 8.89. The van der Waals surface area contributed by atoms with Gasteiger partial charge in [-0.15, -0.1) is 0 Å². The third kappa shape index (κ3) is 1.47. The zero-order chi connectivity index (χ0) is 6.69. The minimum Gasteiger partial charge on any atom is -0.337 e. The van der Waals surface area contributed by atoms with Gasteiger partial charge in [0.2, 0.25) is 0 Å². The van der Waals surface area contributed by atoms with Crippen molar-refractivity contribution in [3.63, 3.8) is 0 Å². The molecule has 0 fully saturated rings. The van der Waals surface area contributed by atoms with Crippen LogP contribution in [-0.4, -0.2) is 9.97 Å². The van der Waals surface area contributed by atoms with Gasteiger partial charge in [0, 0.05) is 18.0 Å². The highest BCUT2D eigenvalue weighted by Crippen LogP contribution is 1.93. The van der Waals surface area contributed by atoms with Crippen LogP contribution in [-0.2, 0) is 0 Å². The molecule has 0 amide bonds. The van der Waals surface area contributed by atoms with E-state index in [-0.39, 0.29) is 0 Å². The van der Waals surface area contributed by atoms with Crippen molar-refractivity contribution >= 4 is 18.3 Å². The van der Waals surface area contributed by atoms with Crippen molar-refractivity contribution in [2.24, 2.45) is 0 Å². The van der Waals surface area contributed by atoms with Gasteiger partial charge in [0.15, 0.2) is 4.77 Å². The Kier molecular flexibility index (Phi) is 1.75. The molecule has 9 heavy (non-hydrogen) atoms. The Morgan fingerprint density at radius 2 is 2.56 bits per heavy atom. The van der Waals surface area contributed by atoms with Gasteiger partial charge in [-0.3, -0.25) is 0 Å². The largest absolute Gasteiger partial charge is 0.337 e. The number of nitrogens with one attached hydrogen (secondary N) is 1. The molecule has 0 atom stereocenters. The molecule has 0 saturated carbocycles. The lowest BCUT2D eigenvalue weighted by atomic mass is 10.3. The second kappa shape index (κ2) is 2.55. The first kappa shape index (κ1) is 6.16. The zero-order valence-corrected chi connectivity index (χ0v) is 5.61. The van der Waals surface area contributed by atoms with E-state index >= 15 is 0 Å². The van der Waals surface area contributed by atoms with E-state index in [0.717, 1.165) is 5.56 Å². The standard InChI is InChI=1S/C6H6N2S/c1-2-5-3-7-6(9)8-4-5/h2-4H,1H2,(H,7,8,9). The Morgan fingerprint density at radius 1 is 1.78 bits per heavy atom. The minimum absolute atomic E-state index is 0.501. The number of H-pyrrole nitrogens is 1. The van der Waals surface area contributed by atoms with E-state index in [1.165, 1.54) is 0 Å². The maximum Gasteiger partial charge on any atom is 0.196 e. The summed E-state index contributed by atoms with van der Waals surface area (Å²) in [5.74, 6) is 0.